The van der Waals surface area contributed by atoms with Crippen molar-refractivity contribution in [3.63, 3.8) is 0 Å². The third-order valence-electron chi connectivity index (χ3n) is 3.94. The van der Waals surface area contributed by atoms with E-state index in [-0.39, 0.29) is 24.8 Å². The Hall–Kier alpha value is -3.11. The van der Waals surface area contributed by atoms with Gasteiger partial charge in [0.15, 0.2) is 6.61 Å². The minimum Gasteiger partial charge on any atom is -0.468 e. The first kappa shape index (κ1) is 22.2. The maximum absolute atomic E-state index is 12.7. The van der Waals surface area contributed by atoms with Crippen LogP contribution in [-0.2, 0) is 22.6 Å². The van der Waals surface area contributed by atoms with Gasteiger partial charge in [-0.15, -0.1) is 0 Å². The van der Waals surface area contributed by atoms with Crippen LogP contribution in [-0.4, -0.2) is 41.5 Å². The fraction of sp³-hybridized carbons (Fsp3) is 0.444. The summed E-state index contributed by atoms with van der Waals surface area (Å²) in [6, 6.07) is 1.61. The second-order valence-electron chi connectivity index (χ2n) is 6.20. The first-order chi connectivity index (χ1) is 13.7. The van der Waals surface area contributed by atoms with E-state index in [0.29, 0.717) is 17.5 Å². The van der Waals surface area contributed by atoms with Crippen LogP contribution in [0.3, 0.4) is 0 Å². The van der Waals surface area contributed by atoms with E-state index in [1.54, 1.807) is 19.9 Å². The van der Waals surface area contributed by atoms with Gasteiger partial charge < -0.3 is 20.7 Å². The smallest absolute Gasteiger partial charge is 0.422 e. The number of amides is 2. The number of nitrogens with one attached hydrogen (secondary N) is 3. The van der Waals surface area contributed by atoms with Gasteiger partial charge in [-0.3, -0.25) is 14.6 Å². The van der Waals surface area contributed by atoms with E-state index in [2.05, 4.69) is 25.9 Å². The van der Waals surface area contributed by atoms with Gasteiger partial charge >= 0.3 is 6.18 Å². The molecule has 0 radical (unpaired) electrons. The van der Waals surface area contributed by atoms with Crippen LogP contribution in [0.15, 0.2) is 29.7 Å². The number of rotatable bonds is 8. The number of carbonyl (C=O) groups excluding carboxylic acids is 2. The van der Waals surface area contributed by atoms with Crippen molar-refractivity contribution in [2.45, 2.75) is 45.1 Å². The average Bonchev–Trinajstić information content (AvgIpc) is 2.70. The zero-order valence-electron chi connectivity index (χ0n) is 16.0. The molecule has 0 aromatic carbocycles. The second-order valence-corrected chi connectivity index (χ2v) is 6.20. The van der Waals surface area contributed by atoms with Crippen LogP contribution in [0.5, 0.6) is 5.88 Å². The van der Waals surface area contributed by atoms with Crippen LogP contribution in [0.1, 0.15) is 31.4 Å². The van der Waals surface area contributed by atoms with Gasteiger partial charge in [0, 0.05) is 37.1 Å². The summed E-state index contributed by atoms with van der Waals surface area (Å²) >= 11 is 0. The summed E-state index contributed by atoms with van der Waals surface area (Å²) in [4.78, 5) is 32.3. The molecule has 29 heavy (non-hydrogen) atoms. The van der Waals surface area contributed by atoms with E-state index in [1.807, 2.05) is 0 Å². The SMILES string of the molecule is CCC(=O)NC1(C(=O)NCc2cnc(OCC(F)(F)F)c(CC)c2)C=NC=CN1. The monoisotopic (exact) mass is 413 g/mol. The first-order valence-corrected chi connectivity index (χ1v) is 8.92. The molecule has 1 aromatic rings. The van der Waals surface area contributed by atoms with Crippen molar-refractivity contribution in [2.24, 2.45) is 4.99 Å². The molecule has 1 aliphatic heterocycles. The van der Waals surface area contributed by atoms with E-state index < -0.39 is 24.4 Å². The molecule has 1 aliphatic rings. The van der Waals surface area contributed by atoms with E-state index in [0.717, 1.165) is 0 Å². The van der Waals surface area contributed by atoms with E-state index >= 15 is 0 Å². The molecule has 2 rings (SSSR count). The number of alkyl halides is 3. The lowest BCUT2D eigenvalue weighted by Crippen LogP contribution is -2.67. The first-order valence-electron chi connectivity index (χ1n) is 8.92. The van der Waals surface area contributed by atoms with Crippen molar-refractivity contribution >= 4 is 18.0 Å². The van der Waals surface area contributed by atoms with Gasteiger partial charge in [0.1, 0.15) is 0 Å². The third kappa shape index (κ3) is 6.19. The van der Waals surface area contributed by atoms with Crippen LogP contribution in [0.4, 0.5) is 13.2 Å². The number of hydrogen-bond donors (Lipinski definition) is 3. The minimum atomic E-state index is -4.46. The Bertz CT molecular complexity index is 810. The van der Waals surface area contributed by atoms with Gasteiger partial charge in [-0.2, -0.15) is 13.2 Å². The minimum absolute atomic E-state index is 0.0430. The zero-order chi connectivity index (χ0) is 21.5. The van der Waals surface area contributed by atoms with E-state index in [9.17, 15) is 22.8 Å². The van der Waals surface area contributed by atoms with Crippen molar-refractivity contribution in [1.29, 1.82) is 0 Å². The van der Waals surface area contributed by atoms with Crippen LogP contribution in [0.2, 0.25) is 0 Å². The number of aryl methyl sites for hydroxylation is 1. The molecule has 2 amide bonds. The Morgan fingerprint density at radius 1 is 1.31 bits per heavy atom. The summed E-state index contributed by atoms with van der Waals surface area (Å²) in [5.41, 5.74) is -0.483. The van der Waals surface area contributed by atoms with Gasteiger partial charge in [0.2, 0.25) is 17.5 Å². The Morgan fingerprint density at radius 2 is 2.07 bits per heavy atom. The standard InChI is InChI=1S/C18H22F3N5O3/c1-3-13-7-12(8-23-15(13)29-11-18(19,20)21)9-24-16(28)17(26-14(27)4-2)10-22-5-6-25-17/h5-8,10,25H,3-4,9,11H2,1-2H3,(H,24,28)(H,26,27). The number of carbonyl (C=O) groups is 2. The van der Waals surface area contributed by atoms with Crippen LogP contribution in [0.25, 0.3) is 0 Å². The van der Waals surface area contributed by atoms with Crippen LogP contribution < -0.4 is 20.7 Å². The maximum Gasteiger partial charge on any atom is 0.422 e. The predicted octanol–water partition coefficient (Wildman–Crippen LogP) is 1.57. The Kier molecular flexibility index (Phi) is 7.18. The van der Waals surface area contributed by atoms with Crippen molar-refractivity contribution in [1.82, 2.24) is 20.9 Å². The molecule has 2 heterocycles. The second kappa shape index (κ2) is 9.39. The maximum atomic E-state index is 12.7. The molecule has 1 atom stereocenters. The lowest BCUT2D eigenvalue weighted by atomic mass is 10.1. The lowest BCUT2D eigenvalue weighted by Gasteiger charge is -2.31. The number of hydrogen-bond acceptors (Lipinski definition) is 6. The van der Waals surface area contributed by atoms with Crippen molar-refractivity contribution in [3.05, 3.63) is 35.8 Å². The van der Waals surface area contributed by atoms with E-state index in [1.165, 1.54) is 24.8 Å². The molecule has 3 N–H and O–H groups in total. The normalized spacial score (nSPS) is 18.1. The molecule has 0 saturated heterocycles. The fourth-order valence-electron chi connectivity index (χ4n) is 2.46. The molecule has 11 heteroatoms. The molecule has 0 spiro atoms. The Morgan fingerprint density at radius 3 is 2.66 bits per heavy atom. The highest BCUT2D eigenvalue weighted by atomic mass is 19.4. The van der Waals surface area contributed by atoms with Gasteiger partial charge in [-0.25, -0.2) is 4.98 Å². The highest BCUT2D eigenvalue weighted by Crippen LogP contribution is 2.21. The third-order valence-corrected chi connectivity index (χ3v) is 3.94. The number of ether oxygens (including phenoxy) is 1. The molecule has 0 fully saturated rings. The molecule has 158 valence electrons. The van der Waals surface area contributed by atoms with Crippen molar-refractivity contribution in [2.75, 3.05) is 6.61 Å². The van der Waals surface area contributed by atoms with E-state index in [4.69, 9.17) is 4.74 Å². The average molecular weight is 413 g/mol. The molecular formula is C18H22F3N5O3. The molecular weight excluding hydrogens is 391 g/mol. The molecule has 8 nitrogen and oxygen atoms in total. The fourth-order valence-corrected chi connectivity index (χ4v) is 2.46. The lowest BCUT2D eigenvalue weighted by molar-refractivity contribution is -0.154. The summed E-state index contributed by atoms with van der Waals surface area (Å²) in [6.45, 7) is 2.02. The number of aliphatic imine (C=N–C) groups is 1. The predicted molar refractivity (Wildman–Crippen MR) is 98.9 cm³/mol. The molecule has 0 saturated carbocycles. The number of pyridine rings is 1. The molecule has 0 bridgehead atoms. The van der Waals surface area contributed by atoms with Crippen molar-refractivity contribution in [3.8, 4) is 5.88 Å². The zero-order valence-corrected chi connectivity index (χ0v) is 16.0. The van der Waals surface area contributed by atoms with Crippen molar-refractivity contribution < 1.29 is 27.5 Å². The summed E-state index contributed by atoms with van der Waals surface area (Å²) in [5.74, 6) is -1.00. The number of nitrogens with zero attached hydrogens (tertiary/aromatic N) is 2. The summed E-state index contributed by atoms with van der Waals surface area (Å²) < 4.78 is 41.8. The van der Waals surface area contributed by atoms with Gasteiger partial charge in [-0.05, 0) is 18.1 Å². The highest BCUT2D eigenvalue weighted by Gasteiger charge is 2.38. The molecule has 1 aromatic heterocycles. The Balaban J connectivity index is 2.07. The van der Waals surface area contributed by atoms with Gasteiger partial charge in [0.25, 0.3) is 5.91 Å². The van der Waals surface area contributed by atoms with Gasteiger partial charge in [0.05, 0.1) is 6.21 Å². The Labute approximate surface area is 165 Å². The van der Waals surface area contributed by atoms with Gasteiger partial charge in [-0.1, -0.05) is 13.8 Å². The van der Waals surface area contributed by atoms with Crippen LogP contribution >= 0.6 is 0 Å². The summed E-state index contributed by atoms with van der Waals surface area (Å²) in [5, 5.41) is 8.02. The molecule has 0 aliphatic carbocycles. The topological polar surface area (TPSA) is 105 Å². The molecule has 1 unspecified atom stereocenters. The largest absolute Gasteiger partial charge is 0.468 e. The number of halogens is 3. The quantitative estimate of drug-likeness (QED) is 0.600. The number of aromatic nitrogens is 1. The van der Waals surface area contributed by atoms with Crippen LogP contribution in [0, 0.1) is 0 Å². The summed E-state index contributed by atoms with van der Waals surface area (Å²) in [6.07, 6.45) is 1.58. The highest BCUT2D eigenvalue weighted by molar-refractivity contribution is 6.06. The summed E-state index contributed by atoms with van der Waals surface area (Å²) in [7, 11) is 0.